The Hall–Kier alpha value is -1.94. The first kappa shape index (κ1) is 13.1. The number of hydrogen-bond acceptors (Lipinski definition) is 3. The number of thioether (sulfide) groups is 1. The molecule has 1 amide bonds. The van der Waals surface area contributed by atoms with Gasteiger partial charge < -0.3 is 9.64 Å². The first-order chi connectivity index (χ1) is 9.84. The first-order valence-electron chi connectivity index (χ1n) is 6.54. The second kappa shape index (κ2) is 6.01. The van der Waals surface area contributed by atoms with Crippen molar-refractivity contribution in [2.45, 2.75) is 4.90 Å². The van der Waals surface area contributed by atoms with Crippen molar-refractivity contribution in [2.75, 3.05) is 23.8 Å². The highest BCUT2D eigenvalue weighted by molar-refractivity contribution is 7.99. The third kappa shape index (κ3) is 2.80. The lowest BCUT2D eigenvalue weighted by Crippen LogP contribution is -2.38. The standard InChI is InChI=1S/C16H15NO2S/c18-16(12-19-13-6-2-1-3-7-13)17-10-11-20-15-9-5-4-8-14(15)17/h1-9H,10-12H2. The van der Waals surface area contributed by atoms with Gasteiger partial charge in [-0.05, 0) is 24.3 Å². The Balaban J connectivity index is 1.69. The fourth-order valence-corrected chi connectivity index (χ4v) is 3.16. The molecule has 0 bridgehead atoms. The van der Waals surface area contributed by atoms with E-state index in [2.05, 4.69) is 6.07 Å². The number of rotatable bonds is 3. The van der Waals surface area contributed by atoms with Gasteiger partial charge in [0, 0.05) is 17.2 Å². The number of hydrogen-bond donors (Lipinski definition) is 0. The molecule has 1 aliphatic heterocycles. The number of carbonyl (C=O) groups is 1. The first-order valence-corrected chi connectivity index (χ1v) is 7.53. The quantitative estimate of drug-likeness (QED) is 0.867. The van der Waals surface area contributed by atoms with Crippen LogP contribution >= 0.6 is 11.8 Å². The molecule has 0 atom stereocenters. The van der Waals surface area contributed by atoms with Gasteiger partial charge >= 0.3 is 0 Å². The van der Waals surface area contributed by atoms with Gasteiger partial charge in [0.1, 0.15) is 5.75 Å². The molecule has 0 aliphatic carbocycles. The average Bonchev–Trinajstić information content (AvgIpc) is 2.53. The summed E-state index contributed by atoms with van der Waals surface area (Å²) >= 11 is 1.79. The van der Waals surface area contributed by atoms with Gasteiger partial charge in [0.25, 0.3) is 5.91 Å². The molecule has 4 heteroatoms. The topological polar surface area (TPSA) is 29.5 Å². The zero-order chi connectivity index (χ0) is 13.8. The number of amides is 1. The molecule has 0 saturated carbocycles. The van der Waals surface area contributed by atoms with E-state index < -0.39 is 0 Å². The van der Waals surface area contributed by atoms with Crippen LogP contribution in [0.2, 0.25) is 0 Å². The molecule has 2 aromatic carbocycles. The predicted molar refractivity (Wildman–Crippen MR) is 81.5 cm³/mol. The van der Waals surface area contributed by atoms with Crippen LogP contribution in [-0.2, 0) is 4.79 Å². The van der Waals surface area contributed by atoms with Crippen LogP contribution in [0.1, 0.15) is 0 Å². The van der Waals surface area contributed by atoms with Gasteiger partial charge in [-0.1, -0.05) is 30.3 Å². The molecule has 0 saturated heterocycles. The molecule has 20 heavy (non-hydrogen) atoms. The smallest absolute Gasteiger partial charge is 0.264 e. The minimum atomic E-state index is 0.00148. The molecule has 3 rings (SSSR count). The molecular weight excluding hydrogens is 270 g/mol. The Morgan fingerprint density at radius 2 is 1.85 bits per heavy atom. The minimum Gasteiger partial charge on any atom is -0.484 e. The molecule has 1 heterocycles. The largest absolute Gasteiger partial charge is 0.484 e. The summed E-state index contributed by atoms with van der Waals surface area (Å²) in [5.74, 6) is 1.65. The van der Waals surface area contributed by atoms with Crippen molar-refractivity contribution in [3.8, 4) is 5.75 Å². The minimum absolute atomic E-state index is 0.00148. The molecule has 1 aliphatic rings. The third-order valence-corrected chi connectivity index (χ3v) is 4.18. The van der Waals surface area contributed by atoms with Crippen molar-refractivity contribution in [3.63, 3.8) is 0 Å². The zero-order valence-electron chi connectivity index (χ0n) is 11.0. The Morgan fingerprint density at radius 1 is 1.10 bits per heavy atom. The summed E-state index contributed by atoms with van der Waals surface area (Å²) in [4.78, 5) is 15.3. The van der Waals surface area contributed by atoms with E-state index in [0.29, 0.717) is 0 Å². The lowest BCUT2D eigenvalue weighted by atomic mass is 10.2. The van der Waals surface area contributed by atoms with E-state index in [-0.39, 0.29) is 12.5 Å². The van der Waals surface area contributed by atoms with Gasteiger partial charge in [-0.3, -0.25) is 4.79 Å². The van der Waals surface area contributed by atoms with Crippen LogP contribution < -0.4 is 9.64 Å². The highest BCUT2D eigenvalue weighted by Gasteiger charge is 2.22. The summed E-state index contributed by atoms with van der Waals surface area (Å²) in [6.45, 7) is 0.807. The monoisotopic (exact) mass is 285 g/mol. The number of nitrogens with zero attached hydrogens (tertiary/aromatic N) is 1. The molecule has 3 nitrogen and oxygen atoms in total. The van der Waals surface area contributed by atoms with Crippen LogP contribution in [0.4, 0.5) is 5.69 Å². The van der Waals surface area contributed by atoms with Gasteiger partial charge in [0.05, 0.1) is 5.69 Å². The lowest BCUT2D eigenvalue weighted by molar-refractivity contribution is -0.120. The second-order valence-electron chi connectivity index (χ2n) is 4.46. The van der Waals surface area contributed by atoms with E-state index in [9.17, 15) is 4.79 Å². The molecule has 0 spiro atoms. The number of carbonyl (C=O) groups excluding carboxylic acids is 1. The molecule has 0 fully saturated rings. The van der Waals surface area contributed by atoms with Crippen molar-refractivity contribution < 1.29 is 9.53 Å². The second-order valence-corrected chi connectivity index (χ2v) is 5.60. The molecule has 0 unspecified atom stereocenters. The van der Waals surface area contributed by atoms with E-state index in [1.807, 2.05) is 53.4 Å². The average molecular weight is 285 g/mol. The van der Waals surface area contributed by atoms with Gasteiger partial charge in [-0.25, -0.2) is 0 Å². The van der Waals surface area contributed by atoms with Crippen LogP contribution in [0.5, 0.6) is 5.75 Å². The van der Waals surface area contributed by atoms with Gasteiger partial charge in [-0.2, -0.15) is 0 Å². The molecule has 102 valence electrons. The fraction of sp³-hybridized carbons (Fsp3) is 0.188. The van der Waals surface area contributed by atoms with Gasteiger partial charge in [0.2, 0.25) is 0 Å². The lowest BCUT2D eigenvalue weighted by Gasteiger charge is -2.28. The Kier molecular flexibility index (Phi) is 3.92. The number of ether oxygens (including phenoxy) is 1. The fourth-order valence-electron chi connectivity index (χ4n) is 2.17. The maximum Gasteiger partial charge on any atom is 0.264 e. The molecular formula is C16H15NO2S. The summed E-state index contributed by atoms with van der Waals surface area (Å²) in [6, 6.07) is 17.4. The van der Waals surface area contributed by atoms with Crippen LogP contribution in [0.25, 0.3) is 0 Å². The van der Waals surface area contributed by atoms with E-state index >= 15 is 0 Å². The highest BCUT2D eigenvalue weighted by Crippen LogP contribution is 2.34. The predicted octanol–water partition coefficient (Wildman–Crippen LogP) is 3.20. The van der Waals surface area contributed by atoms with Gasteiger partial charge in [-0.15, -0.1) is 11.8 Å². The number of para-hydroxylation sites is 2. The van der Waals surface area contributed by atoms with Crippen molar-refractivity contribution in [1.82, 2.24) is 0 Å². The summed E-state index contributed by atoms with van der Waals surface area (Å²) in [5.41, 5.74) is 0.991. The van der Waals surface area contributed by atoms with Crippen LogP contribution in [0, 0.1) is 0 Å². The van der Waals surface area contributed by atoms with Crippen molar-refractivity contribution in [3.05, 3.63) is 54.6 Å². The van der Waals surface area contributed by atoms with Crippen molar-refractivity contribution in [2.24, 2.45) is 0 Å². The van der Waals surface area contributed by atoms with Crippen molar-refractivity contribution >= 4 is 23.4 Å². The maximum absolute atomic E-state index is 12.3. The van der Waals surface area contributed by atoms with E-state index in [0.717, 1.165) is 28.6 Å². The van der Waals surface area contributed by atoms with Crippen LogP contribution in [-0.4, -0.2) is 24.8 Å². The molecule has 0 radical (unpaired) electrons. The SMILES string of the molecule is O=C(COc1ccccc1)N1CCSc2ccccc21. The molecule has 0 N–H and O–H groups in total. The van der Waals surface area contributed by atoms with E-state index in [1.165, 1.54) is 0 Å². The van der Waals surface area contributed by atoms with Crippen LogP contribution in [0.3, 0.4) is 0 Å². The van der Waals surface area contributed by atoms with E-state index in [4.69, 9.17) is 4.74 Å². The van der Waals surface area contributed by atoms with Gasteiger partial charge in [0.15, 0.2) is 6.61 Å². The van der Waals surface area contributed by atoms with Crippen molar-refractivity contribution in [1.29, 1.82) is 0 Å². The van der Waals surface area contributed by atoms with Crippen LogP contribution in [0.15, 0.2) is 59.5 Å². The highest BCUT2D eigenvalue weighted by atomic mass is 32.2. The maximum atomic E-state index is 12.3. The molecule has 0 aromatic heterocycles. The number of anilines is 1. The third-order valence-electron chi connectivity index (χ3n) is 3.14. The van der Waals surface area contributed by atoms with E-state index in [1.54, 1.807) is 11.8 Å². The Labute approximate surface area is 122 Å². The zero-order valence-corrected chi connectivity index (χ0v) is 11.8. The normalized spacial score (nSPS) is 13.7. The molecule has 2 aromatic rings. The summed E-state index contributed by atoms with van der Waals surface area (Å²) in [5, 5.41) is 0. The number of fused-ring (bicyclic) bond motifs is 1. The number of benzene rings is 2. The summed E-state index contributed by atoms with van der Waals surface area (Å²) in [7, 11) is 0. The Bertz CT molecular complexity index is 600. The summed E-state index contributed by atoms with van der Waals surface area (Å²) in [6.07, 6.45) is 0. The summed E-state index contributed by atoms with van der Waals surface area (Å²) < 4.78 is 5.54. The Morgan fingerprint density at radius 3 is 2.70 bits per heavy atom.